The molecule has 0 saturated heterocycles. The van der Waals surface area contributed by atoms with Gasteiger partial charge in [-0.2, -0.15) is 0 Å². The maximum Gasteiger partial charge on any atom is 0.129 e. The molecule has 0 amide bonds. The summed E-state index contributed by atoms with van der Waals surface area (Å²) >= 11 is 0. The number of hydrogen-bond acceptors (Lipinski definition) is 2. The number of aliphatic hydroxyl groups is 1. The Bertz CT molecular complexity index is 601. The highest BCUT2D eigenvalue weighted by Crippen LogP contribution is 2.19. The summed E-state index contributed by atoms with van der Waals surface area (Å²) in [4.78, 5) is 0. The van der Waals surface area contributed by atoms with Crippen LogP contribution in [-0.4, -0.2) is 11.7 Å². The summed E-state index contributed by atoms with van der Waals surface area (Å²) in [6.45, 7) is 1.89. The molecule has 2 rings (SSSR count). The Morgan fingerprint density at radius 1 is 1.00 bits per heavy atom. The van der Waals surface area contributed by atoms with E-state index in [1.807, 2.05) is 6.92 Å². The monoisotopic (exact) mass is 295 g/mol. The molecule has 0 radical (unpaired) electrons. The lowest BCUT2D eigenvalue weighted by Gasteiger charge is -2.18. The lowest BCUT2D eigenvalue weighted by atomic mass is 10.1. The predicted octanol–water partition coefficient (Wildman–Crippen LogP) is 3.49. The largest absolute Gasteiger partial charge is 0.387 e. The third kappa shape index (κ3) is 4.06. The highest BCUT2D eigenvalue weighted by atomic mass is 19.1. The summed E-state index contributed by atoms with van der Waals surface area (Å²) in [7, 11) is 0. The van der Waals surface area contributed by atoms with Gasteiger partial charge in [0, 0.05) is 18.2 Å². The fourth-order valence-electron chi connectivity index (χ4n) is 2.04. The standard InChI is InChI=1S/C16H16F3NO/c1-10(11-2-4-12(17)5-3-11)20-9-16(21)14-8-13(18)6-7-15(14)19/h2-8,10,16,20-21H,9H2,1H3/t10-,16?/m0/s1. The van der Waals surface area contributed by atoms with Crippen LogP contribution in [0.3, 0.4) is 0 Å². The molecule has 21 heavy (non-hydrogen) atoms. The summed E-state index contributed by atoms with van der Waals surface area (Å²) in [5, 5.41) is 12.9. The van der Waals surface area contributed by atoms with E-state index in [-0.39, 0.29) is 24.0 Å². The highest BCUT2D eigenvalue weighted by molar-refractivity contribution is 5.22. The van der Waals surface area contributed by atoms with Gasteiger partial charge >= 0.3 is 0 Å². The lowest BCUT2D eigenvalue weighted by Crippen LogP contribution is -2.25. The van der Waals surface area contributed by atoms with Gasteiger partial charge in [0.2, 0.25) is 0 Å². The van der Waals surface area contributed by atoms with E-state index in [0.717, 1.165) is 23.8 Å². The average molecular weight is 295 g/mol. The highest BCUT2D eigenvalue weighted by Gasteiger charge is 2.15. The zero-order chi connectivity index (χ0) is 15.4. The second kappa shape index (κ2) is 6.74. The Balaban J connectivity index is 1.98. The van der Waals surface area contributed by atoms with E-state index in [1.54, 1.807) is 12.1 Å². The Kier molecular flexibility index (Phi) is 4.98. The van der Waals surface area contributed by atoms with Gasteiger partial charge in [0.25, 0.3) is 0 Å². The van der Waals surface area contributed by atoms with Crippen molar-refractivity contribution in [2.75, 3.05) is 6.54 Å². The summed E-state index contributed by atoms with van der Waals surface area (Å²) in [5.41, 5.74) is 0.747. The number of hydrogen-bond donors (Lipinski definition) is 2. The molecule has 0 fully saturated rings. The molecule has 112 valence electrons. The molecule has 0 aliphatic heterocycles. The number of halogens is 3. The van der Waals surface area contributed by atoms with Crippen LogP contribution in [0, 0.1) is 17.5 Å². The van der Waals surface area contributed by atoms with Crippen molar-refractivity contribution in [3.8, 4) is 0 Å². The fraction of sp³-hybridized carbons (Fsp3) is 0.250. The molecule has 2 aromatic rings. The van der Waals surface area contributed by atoms with Crippen molar-refractivity contribution in [2.45, 2.75) is 19.1 Å². The van der Waals surface area contributed by atoms with Crippen LogP contribution in [0.25, 0.3) is 0 Å². The summed E-state index contributed by atoms with van der Waals surface area (Å²) in [5.74, 6) is -1.58. The number of benzene rings is 2. The molecule has 0 saturated carbocycles. The van der Waals surface area contributed by atoms with Crippen LogP contribution in [0.15, 0.2) is 42.5 Å². The topological polar surface area (TPSA) is 32.3 Å². The summed E-state index contributed by atoms with van der Waals surface area (Å²) in [6, 6.07) is 8.75. The minimum absolute atomic E-state index is 0.0545. The van der Waals surface area contributed by atoms with Crippen molar-refractivity contribution in [1.82, 2.24) is 5.32 Å². The van der Waals surface area contributed by atoms with Gasteiger partial charge in [0.1, 0.15) is 17.5 Å². The normalized spacial score (nSPS) is 14.0. The van der Waals surface area contributed by atoms with Crippen molar-refractivity contribution in [2.24, 2.45) is 0 Å². The van der Waals surface area contributed by atoms with Crippen molar-refractivity contribution in [1.29, 1.82) is 0 Å². The van der Waals surface area contributed by atoms with Gasteiger partial charge in [-0.15, -0.1) is 0 Å². The van der Waals surface area contributed by atoms with E-state index < -0.39 is 17.7 Å². The molecule has 0 aliphatic carbocycles. The van der Waals surface area contributed by atoms with Gasteiger partial charge in [-0.05, 0) is 42.8 Å². The molecule has 0 aliphatic rings. The van der Waals surface area contributed by atoms with E-state index in [4.69, 9.17) is 0 Å². The Hall–Kier alpha value is -1.85. The first kappa shape index (κ1) is 15.5. The first-order valence-electron chi connectivity index (χ1n) is 6.59. The molecule has 2 atom stereocenters. The van der Waals surface area contributed by atoms with E-state index in [0.29, 0.717) is 0 Å². The predicted molar refractivity (Wildman–Crippen MR) is 74.1 cm³/mol. The molecule has 5 heteroatoms. The molecule has 2 N–H and O–H groups in total. The molecule has 0 heterocycles. The van der Waals surface area contributed by atoms with Gasteiger partial charge < -0.3 is 10.4 Å². The van der Waals surface area contributed by atoms with Crippen molar-refractivity contribution in [3.63, 3.8) is 0 Å². The maximum absolute atomic E-state index is 13.5. The second-order valence-electron chi connectivity index (χ2n) is 4.86. The molecule has 0 bridgehead atoms. The molecular formula is C16H16F3NO. The van der Waals surface area contributed by atoms with E-state index >= 15 is 0 Å². The van der Waals surface area contributed by atoms with E-state index in [2.05, 4.69) is 5.32 Å². The third-order valence-electron chi connectivity index (χ3n) is 3.30. The maximum atomic E-state index is 13.5. The Labute approximate surface area is 121 Å². The van der Waals surface area contributed by atoms with Crippen molar-refractivity contribution >= 4 is 0 Å². The van der Waals surface area contributed by atoms with Gasteiger partial charge in [0.15, 0.2) is 0 Å². The van der Waals surface area contributed by atoms with E-state index in [9.17, 15) is 18.3 Å². The van der Waals surface area contributed by atoms with Crippen molar-refractivity contribution < 1.29 is 18.3 Å². The molecule has 0 spiro atoms. The van der Waals surface area contributed by atoms with Gasteiger partial charge in [-0.3, -0.25) is 0 Å². The summed E-state index contributed by atoms with van der Waals surface area (Å²) < 4.78 is 39.4. The third-order valence-corrected chi connectivity index (χ3v) is 3.30. The molecule has 2 aromatic carbocycles. The van der Waals surface area contributed by atoms with Crippen LogP contribution >= 0.6 is 0 Å². The average Bonchev–Trinajstić information content (AvgIpc) is 2.47. The zero-order valence-electron chi connectivity index (χ0n) is 11.5. The minimum atomic E-state index is -1.16. The smallest absolute Gasteiger partial charge is 0.129 e. The van der Waals surface area contributed by atoms with E-state index in [1.165, 1.54) is 12.1 Å². The van der Waals surface area contributed by atoms with Crippen LogP contribution in [0.1, 0.15) is 30.2 Å². The Morgan fingerprint density at radius 3 is 2.29 bits per heavy atom. The molecule has 2 nitrogen and oxygen atoms in total. The lowest BCUT2D eigenvalue weighted by molar-refractivity contribution is 0.166. The second-order valence-corrected chi connectivity index (χ2v) is 4.86. The molecule has 1 unspecified atom stereocenters. The van der Waals surface area contributed by atoms with Crippen LogP contribution in [0.4, 0.5) is 13.2 Å². The molecular weight excluding hydrogens is 279 g/mol. The Morgan fingerprint density at radius 2 is 1.62 bits per heavy atom. The summed E-state index contributed by atoms with van der Waals surface area (Å²) in [6.07, 6.45) is -1.16. The fourth-order valence-corrected chi connectivity index (χ4v) is 2.04. The first-order chi connectivity index (χ1) is 9.97. The zero-order valence-corrected chi connectivity index (χ0v) is 11.5. The number of rotatable bonds is 5. The van der Waals surface area contributed by atoms with Crippen molar-refractivity contribution in [3.05, 3.63) is 71.0 Å². The van der Waals surface area contributed by atoms with Gasteiger partial charge in [0.05, 0.1) is 6.10 Å². The number of aliphatic hydroxyl groups excluding tert-OH is 1. The first-order valence-corrected chi connectivity index (χ1v) is 6.59. The minimum Gasteiger partial charge on any atom is -0.387 e. The quantitative estimate of drug-likeness (QED) is 0.885. The van der Waals surface area contributed by atoms with Crippen LogP contribution < -0.4 is 5.32 Å². The van der Waals surface area contributed by atoms with Crippen LogP contribution in [-0.2, 0) is 0 Å². The van der Waals surface area contributed by atoms with Gasteiger partial charge in [-0.25, -0.2) is 13.2 Å². The van der Waals surface area contributed by atoms with Crippen LogP contribution in [0.5, 0.6) is 0 Å². The van der Waals surface area contributed by atoms with Gasteiger partial charge in [-0.1, -0.05) is 12.1 Å². The SMILES string of the molecule is C[C@H](NCC(O)c1cc(F)ccc1F)c1ccc(F)cc1. The van der Waals surface area contributed by atoms with Crippen LogP contribution in [0.2, 0.25) is 0 Å². The number of nitrogens with one attached hydrogen (secondary N) is 1. The molecule has 0 aromatic heterocycles.